The van der Waals surface area contributed by atoms with Crippen LogP contribution in [-0.4, -0.2) is 9.97 Å². The van der Waals surface area contributed by atoms with Crippen LogP contribution in [-0.2, 0) is 6.42 Å². The maximum absolute atomic E-state index is 5.85. The molecule has 5 heteroatoms. The van der Waals surface area contributed by atoms with Crippen LogP contribution >= 0.6 is 15.9 Å². The summed E-state index contributed by atoms with van der Waals surface area (Å²) in [4.78, 5) is 8.43. The number of rotatable bonds is 3. The van der Waals surface area contributed by atoms with Crippen molar-refractivity contribution in [3.8, 4) is 11.5 Å². The number of nitrogens with two attached hydrogens (primary N) is 1. The number of pyridine rings is 2. The molecular formula is C13H14BrN3O. The first-order valence-corrected chi connectivity index (χ1v) is 6.44. The van der Waals surface area contributed by atoms with Gasteiger partial charge in [0.1, 0.15) is 5.75 Å². The van der Waals surface area contributed by atoms with Crippen molar-refractivity contribution in [3.05, 3.63) is 40.4 Å². The van der Waals surface area contributed by atoms with Crippen LogP contribution in [0.25, 0.3) is 0 Å². The van der Waals surface area contributed by atoms with E-state index in [0.29, 0.717) is 11.4 Å². The number of nitrogen functional groups attached to an aromatic ring is 1. The van der Waals surface area contributed by atoms with Gasteiger partial charge in [-0.2, -0.15) is 0 Å². The molecular weight excluding hydrogens is 294 g/mol. The van der Waals surface area contributed by atoms with Crippen LogP contribution in [0, 0.1) is 6.92 Å². The molecule has 18 heavy (non-hydrogen) atoms. The molecule has 0 spiro atoms. The van der Waals surface area contributed by atoms with Gasteiger partial charge in [-0.25, -0.2) is 0 Å². The lowest BCUT2D eigenvalue weighted by Crippen LogP contribution is -1.99. The molecule has 0 bridgehead atoms. The standard InChI is InChI=1S/C13H14BrN3O/c1-3-11-12(5-4-8(2)17-11)18-13-9(14)6-16-7-10(13)15/h4-7H,3,15H2,1-2H3. The largest absolute Gasteiger partial charge is 0.452 e. The van der Waals surface area contributed by atoms with Gasteiger partial charge >= 0.3 is 0 Å². The third kappa shape index (κ3) is 2.61. The fourth-order valence-electron chi connectivity index (χ4n) is 1.60. The summed E-state index contributed by atoms with van der Waals surface area (Å²) < 4.78 is 6.57. The third-order valence-corrected chi connectivity index (χ3v) is 3.06. The van der Waals surface area contributed by atoms with Gasteiger partial charge in [0.15, 0.2) is 5.75 Å². The average Bonchev–Trinajstić information content (AvgIpc) is 2.35. The molecule has 2 aromatic rings. The Hall–Kier alpha value is -1.62. The smallest absolute Gasteiger partial charge is 0.167 e. The highest BCUT2D eigenvalue weighted by atomic mass is 79.9. The Bertz CT molecular complexity index is 552. The van der Waals surface area contributed by atoms with E-state index in [0.717, 1.165) is 28.0 Å². The van der Waals surface area contributed by atoms with Crippen molar-refractivity contribution in [3.63, 3.8) is 0 Å². The van der Waals surface area contributed by atoms with Crippen molar-refractivity contribution in [1.82, 2.24) is 9.97 Å². The average molecular weight is 308 g/mol. The quantitative estimate of drug-likeness (QED) is 0.943. The molecule has 0 fully saturated rings. The molecule has 0 aliphatic carbocycles. The van der Waals surface area contributed by atoms with E-state index in [1.807, 2.05) is 26.0 Å². The number of nitrogens with zero attached hydrogens (tertiary/aromatic N) is 2. The summed E-state index contributed by atoms with van der Waals surface area (Å²) in [6, 6.07) is 3.83. The van der Waals surface area contributed by atoms with E-state index in [1.165, 1.54) is 0 Å². The Morgan fingerprint density at radius 3 is 2.78 bits per heavy atom. The second-order valence-corrected chi connectivity index (χ2v) is 4.75. The zero-order chi connectivity index (χ0) is 13.1. The molecule has 4 nitrogen and oxygen atoms in total. The summed E-state index contributed by atoms with van der Waals surface area (Å²) in [5, 5.41) is 0. The number of aryl methyl sites for hydroxylation is 2. The lowest BCUT2D eigenvalue weighted by atomic mass is 10.2. The summed E-state index contributed by atoms with van der Waals surface area (Å²) >= 11 is 3.38. The van der Waals surface area contributed by atoms with Gasteiger partial charge in [-0.3, -0.25) is 9.97 Å². The lowest BCUT2D eigenvalue weighted by molar-refractivity contribution is 0.471. The van der Waals surface area contributed by atoms with E-state index in [4.69, 9.17) is 10.5 Å². The number of hydrogen-bond donors (Lipinski definition) is 1. The first-order valence-electron chi connectivity index (χ1n) is 5.65. The molecule has 0 saturated heterocycles. The van der Waals surface area contributed by atoms with Crippen LogP contribution in [0.1, 0.15) is 18.3 Å². The maximum Gasteiger partial charge on any atom is 0.167 e. The minimum atomic E-state index is 0.493. The predicted octanol–water partition coefficient (Wildman–Crippen LogP) is 3.48. The number of anilines is 1. The first kappa shape index (κ1) is 12.8. The van der Waals surface area contributed by atoms with Crippen molar-refractivity contribution in [2.24, 2.45) is 0 Å². The Morgan fingerprint density at radius 1 is 1.33 bits per heavy atom. The zero-order valence-electron chi connectivity index (χ0n) is 10.3. The minimum absolute atomic E-state index is 0.493. The van der Waals surface area contributed by atoms with Crippen molar-refractivity contribution in [1.29, 1.82) is 0 Å². The molecule has 2 heterocycles. The second-order valence-electron chi connectivity index (χ2n) is 3.89. The van der Waals surface area contributed by atoms with Crippen LogP contribution in [0.3, 0.4) is 0 Å². The Morgan fingerprint density at radius 2 is 2.11 bits per heavy atom. The van der Waals surface area contributed by atoms with Crippen molar-refractivity contribution in [2.75, 3.05) is 5.73 Å². The van der Waals surface area contributed by atoms with Crippen LogP contribution in [0.2, 0.25) is 0 Å². The topological polar surface area (TPSA) is 61.0 Å². The molecule has 0 aromatic carbocycles. The molecule has 2 aromatic heterocycles. The van der Waals surface area contributed by atoms with Gasteiger partial charge in [-0.1, -0.05) is 6.92 Å². The number of halogens is 1. The third-order valence-electron chi connectivity index (χ3n) is 2.50. The molecule has 2 rings (SSSR count). The first-order chi connectivity index (χ1) is 8.61. The summed E-state index contributed by atoms with van der Waals surface area (Å²) in [6.07, 6.45) is 4.02. The zero-order valence-corrected chi connectivity index (χ0v) is 11.9. The summed E-state index contributed by atoms with van der Waals surface area (Å²) in [7, 11) is 0. The highest BCUT2D eigenvalue weighted by Crippen LogP contribution is 2.35. The number of ether oxygens (including phenoxy) is 1. The normalized spacial score (nSPS) is 10.4. The fourth-order valence-corrected chi connectivity index (χ4v) is 2.03. The van der Waals surface area contributed by atoms with Crippen molar-refractivity contribution < 1.29 is 4.74 Å². The molecule has 0 aliphatic rings. The molecule has 0 atom stereocenters. The van der Waals surface area contributed by atoms with Gasteiger partial charge in [0.25, 0.3) is 0 Å². The van der Waals surface area contributed by atoms with E-state index in [1.54, 1.807) is 12.4 Å². The summed E-state index contributed by atoms with van der Waals surface area (Å²) in [5.41, 5.74) is 8.23. The van der Waals surface area contributed by atoms with Gasteiger partial charge in [-0.05, 0) is 41.4 Å². The van der Waals surface area contributed by atoms with Gasteiger partial charge in [0.2, 0.25) is 0 Å². The molecule has 0 unspecified atom stereocenters. The highest BCUT2D eigenvalue weighted by Gasteiger charge is 2.11. The van der Waals surface area contributed by atoms with E-state index in [2.05, 4.69) is 25.9 Å². The Kier molecular flexibility index (Phi) is 3.81. The summed E-state index contributed by atoms with van der Waals surface area (Å²) in [6.45, 7) is 4.00. The fraction of sp³-hybridized carbons (Fsp3) is 0.231. The van der Waals surface area contributed by atoms with Gasteiger partial charge in [0, 0.05) is 11.9 Å². The van der Waals surface area contributed by atoms with Gasteiger partial charge in [0.05, 0.1) is 22.1 Å². The van der Waals surface area contributed by atoms with Crippen molar-refractivity contribution in [2.45, 2.75) is 20.3 Å². The Balaban J connectivity index is 2.40. The summed E-state index contributed by atoms with van der Waals surface area (Å²) in [5.74, 6) is 1.30. The van der Waals surface area contributed by atoms with E-state index in [-0.39, 0.29) is 0 Å². The van der Waals surface area contributed by atoms with Gasteiger partial charge in [-0.15, -0.1) is 0 Å². The van der Waals surface area contributed by atoms with E-state index >= 15 is 0 Å². The highest BCUT2D eigenvalue weighted by molar-refractivity contribution is 9.10. The van der Waals surface area contributed by atoms with Crippen LogP contribution in [0.5, 0.6) is 11.5 Å². The molecule has 0 saturated carbocycles. The Labute approximate surface area is 114 Å². The second kappa shape index (κ2) is 5.35. The monoisotopic (exact) mass is 307 g/mol. The predicted molar refractivity (Wildman–Crippen MR) is 74.8 cm³/mol. The molecule has 0 radical (unpaired) electrons. The SMILES string of the molecule is CCc1nc(C)ccc1Oc1c(N)cncc1Br. The molecule has 0 amide bonds. The van der Waals surface area contributed by atoms with Gasteiger partial charge < -0.3 is 10.5 Å². The van der Waals surface area contributed by atoms with E-state index in [9.17, 15) is 0 Å². The van der Waals surface area contributed by atoms with Crippen molar-refractivity contribution >= 4 is 21.6 Å². The lowest BCUT2D eigenvalue weighted by Gasteiger charge is -2.12. The molecule has 94 valence electrons. The number of hydrogen-bond acceptors (Lipinski definition) is 4. The molecule has 0 aliphatic heterocycles. The van der Waals surface area contributed by atoms with E-state index < -0.39 is 0 Å². The number of aromatic nitrogens is 2. The maximum atomic E-state index is 5.85. The van der Waals surface area contributed by atoms with Crippen LogP contribution < -0.4 is 10.5 Å². The van der Waals surface area contributed by atoms with Crippen LogP contribution in [0.4, 0.5) is 5.69 Å². The van der Waals surface area contributed by atoms with Crippen LogP contribution in [0.15, 0.2) is 29.0 Å². The molecule has 2 N–H and O–H groups in total. The minimum Gasteiger partial charge on any atom is -0.452 e.